The number of fused-ring (bicyclic) bond motifs is 1. The number of benzene rings is 1. The molecule has 0 bridgehead atoms. The quantitative estimate of drug-likeness (QED) is 0.926. The molecule has 2 aromatic rings. The van der Waals surface area contributed by atoms with E-state index in [9.17, 15) is 9.59 Å². The first-order chi connectivity index (χ1) is 11.4. The molecular formula is C19H22N2O2S. The number of thiophene rings is 1. The summed E-state index contributed by atoms with van der Waals surface area (Å²) in [5.41, 5.74) is 2.66. The van der Waals surface area contributed by atoms with Gasteiger partial charge in [-0.2, -0.15) is 0 Å². The van der Waals surface area contributed by atoms with Crippen molar-refractivity contribution in [1.82, 2.24) is 5.32 Å². The maximum absolute atomic E-state index is 12.5. The van der Waals surface area contributed by atoms with Crippen LogP contribution >= 0.6 is 11.3 Å². The summed E-state index contributed by atoms with van der Waals surface area (Å²) in [5.74, 6) is -0.00864. The largest absolute Gasteiger partial charge is 0.349 e. The summed E-state index contributed by atoms with van der Waals surface area (Å²) in [7, 11) is 0. The molecule has 2 heterocycles. The van der Waals surface area contributed by atoms with E-state index in [-0.39, 0.29) is 17.9 Å². The topological polar surface area (TPSA) is 49.4 Å². The maximum atomic E-state index is 12.5. The normalized spacial score (nSPS) is 14.4. The molecule has 1 aliphatic rings. The van der Waals surface area contributed by atoms with E-state index in [2.05, 4.69) is 24.4 Å². The molecular weight excluding hydrogens is 320 g/mol. The van der Waals surface area contributed by atoms with Crippen molar-refractivity contribution in [3.8, 4) is 0 Å². The third-order valence-electron chi connectivity index (χ3n) is 4.30. The van der Waals surface area contributed by atoms with Gasteiger partial charge in [-0.05, 0) is 56.2 Å². The van der Waals surface area contributed by atoms with Gasteiger partial charge in [-0.25, -0.2) is 0 Å². The second kappa shape index (κ2) is 6.77. The number of hydrogen-bond acceptors (Lipinski definition) is 3. The van der Waals surface area contributed by atoms with Gasteiger partial charge in [0.05, 0.1) is 0 Å². The van der Waals surface area contributed by atoms with Crippen LogP contribution in [0.3, 0.4) is 0 Å². The van der Waals surface area contributed by atoms with Crippen LogP contribution in [-0.2, 0) is 17.6 Å². The Kier molecular flexibility index (Phi) is 4.71. The number of aryl methyl sites for hydroxylation is 1. The lowest BCUT2D eigenvalue weighted by atomic mass is 10.1. The summed E-state index contributed by atoms with van der Waals surface area (Å²) in [6.45, 7) is 6.39. The minimum Gasteiger partial charge on any atom is -0.349 e. The van der Waals surface area contributed by atoms with E-state index in [1.54, 1.807) is 29.2 Å². The molecule has 0 radical (unpaired) electrons. The summed E-state index contributed by atoms with van der Waals surface area (Å²) in [5, 5.41) is 3.07. The lowest BCUT2D eigenvalue weighted by molar-refractivity contribution is -0.116. The zero-order valence-corrected chi connectivity index (χ0v) is 15.1. The highest BCUT2D eigenvalue weighted by Gasteiger charge is 2.23. The summed E-state index contributed by atoms with van der Waals surface area (Å²) in [6, 6.07) is 9.90. The Bertz CT molecular complexity index is 781. The number of carbonyl (C=O) groups excluding carboxylic acids is 2. The summed E-state index contributed by atoms with van der Waals surface area (Å²) < 4.78 is 0. The molecule has 1 aromatic carbocycles. The average Bonchev–Trinajstić information content (AvgIpc) is 3.12. The van der Waals surface area contributed by atoms with Crippen molar-refractivity contribution in [3.63, 3.8) is 0 Å². The van der Waals surface area contributed by atoms with Crippen LogP contribution in [0, 0.1) is 6.92 Å². The standard InChI is InChI=1S/C19H22N2O2S/c1-12(10-17-6-4-13(2)24-17)20-19(23)16-5-7-18-15(11-16)8-9-21(18)14(3)22/h4-7,11-12H,8-10H2,1-3H3,(H,20,23)/t12-/m1/s1. The van der Waals surface area contributed by atoms with E-state index in [4.69, 9.17) is 0 Å². The highest BCUT2D eigenvalue weighted by atomic mass is 32.1. The number of rotatable bonds is 4. The monoisotopic (exact) mass is 342 g/mol. The van der Waals surface area contributed by atoms with Gasteiger partial charge in [-0.1, -0.05) is 0 Å². The number of nitrogens with zero attached hydrogens (tertiary/aromatic N) is 1. The molecule has 1 N–H and O–H groups in total. The van der Waals surface area contributed by atoms with Crippen molar-refractivity contribution in [3.05, 3.63) is 51.2 Å². The van der Waals surface area contributed by atoms with Gasteiger partial charge in [-0.3, -0.25) is 9.59 Å². The van der Waals surface area contributed by atoms with Crippen molar-refractivity contribution in [2.24, 2.45) is 0 Å². The van der Waals surface area contributed by atoms with E-state index in [0.717, 1.165) is 24.1 Å². The van der Waals surface area contributed by atoms with Crippen molar-refractivity contribution < 1.29 is 9.59 Å². The minimum atomic E-state index is -0.0557. The minimum absolute atomic E-state index is 0.0471. The van der Waals surface area contributed by atoms with Crippen molar-refractivity contribution >= 4 is 28.8 Å². The van der Waals surface area contributed by atoms with E-state index in [1.807, 2.05) is 19.1 Å². The first kappa shape index (κ1) is 16.7. The van der Waals surface area contributed by atoms with Crippen molar-refractivity contribution in [1.29, 1.82) is 0 Å². The fourth-order valence-electron chi connectivity index (χ4n) is 3.12. The predicted octanol–water partition coefficient (Wildman–Crippen LogP) is 3.33. The van der Waals surface area contributed by atoms with Gasteiger partial charge in [0.15, 0.2) is 0 Å². The Morgan fingerprint density at radius 3 is 2.75 bits per heavy atom. The zero-order chi connectivity index (χ0) is 17.3. The Labute approximate surface area is 146 Å². The summed E-state index contributed by atoms with van der Waals surface area (Å²) in [4.78, 5) is 28.4. The first-order valence-corrected chi connectivity index (χ1v) is 9.03. The molecule has 0 saturated carbocycles. The summed E-state index contributed by atoms with van der Waals surface area (Å²) in [6.07, 6.45) is 1.65. The lowest BCUT2D eigenvalue weighted by Gasteiger charge is -2.16. The zero-order valence-electron chi connectivity index (χ0n) is 14.3. The predicted molar refractivity (Wildman–Crippen MR) is 97.9 cm³/mol. The fraction of sp³-hybridized carbons (Fsp3) is 0.368. The van der Waals surface area contributed by atoms with Gasteiger partial charge in [0.2, 0.25) is 5.91 Å². The number of nitrogens with one attached hydrogen (secondary N) is 1. The molecule has 24 heavy (non-hydrogen) atoms. The Morgan fingerprint density at radius 2 is 2.08 bits per heavy atom. The van der Waals surface area contributed by atoms with Crippen LogP contribution in [0.4, 0.5) is 5.69 Å². The number of carbonyl (C=O) groups is 2. The fourth-order valence-corrected chi connectivity index (χ4v) is 4.14. The lowest BCUT2D eigenvalue weighted by Crippen LogP contribution is -2.34. The van der Waals surface area contributed by atoms with Crippen LogP contribution in [0.5, 0.6) is 0 Å². The molecule has 5 heteroatoms. The molecule has 1 aliphatic heterocycles. The van der Waals surface area contributed by atoms with Gasteiger partial charge in [0, 0.05) is 46.9 Å². The van der Waals surface area contributed by atoms with Crippen LogP contribution in [0.2, 0.25) is 0 Å². The van der Waals surface area contributed by atoms with E-state index < -0.39 is 0 Å². The maximum Gasteiger partial charge on any atom is 0.251 e. The van der Waals surface area contributed by atoms with Gasteiger partial charge in [-0.15, -0.1) is 11.3 Å². The second-order valence-electron chi connectivity index (χ2n) is 6.36. The molecule has 0 saturated heterocycles. The highest BCUT2D eigenvalue weighted by Crippen LogP contribution is 2.29. The molecule has 1 atom stereocenters. The van der Waals surface area contributed by atoms with E-state index in [1.165, 1.54) is 9.75 Å². The number of amides is 2. The SMILES string of the molecule is CC(=O)N1CCc2cc(C(=O)N[C@H](C)Cc3ccc(C)s3)ccc21. The van der Waals surface area contributed by atoms with Gasteiger partial charge >= 0.3 is 0 Å². The average molecular weight is 342 g/mol. The van der Waals surface area contributed by atoms with Crippen molar-refractivity contribution in [2.75, 3.05) is 11.4 Å². The highest BCUT2D eigenvalue weighted by molar-refractivity contribution is 7.11. The van der Waals surface area contributed by atoms with Gasteiger partial charge in [0.1, 0.15) is 0 Å². The smallest absolute Gasteiger partial charge is 0.251 e. The van der Waals surface area contributed by atoms with Crippen LogP contribution in [0.1, 0.15) is 39.5 Å². The van der Waals surface area contributed by atoms with Crippen LogP contribution in [0.25, 0.3) is 0 Å². The third kappa shape index (κ3) is 3.51. The molecule has 0 spiro atoms. The molecule has 0 aliphatic carbocycles. The third-order valence-corrected chi connectivity index (χ3v) is 5.32. The number of hydrogen-bond donors (Lipinski definition) is 1. The summed E-state index contributed by atoms with van der Waals surface area (Å²) >= 11 is 1.77. The van der Waals surface area contributed by atoms with Crippen LogP contribution in [0.15, 0.2) is 30.3 Å². The van der Waals surface area contributed by atoms with Crippen LogP contribution < -0.4 is 10.2 Å². The Morgan fingerprint density at radius 1 is 1.29 bits per heavy atom. The molecule has 3 rings (SSSR count). The second-order valence-corrected chi connectivity index (χ2v) is 7.73. The molecule has 4 nitrogen and oxygen atoms in total. The van der Waals surface area contributed by atoms with E-state index in [0.29, 0.717) is 12.1 Å². The Balaban J connectivity index is 1.66. The molecule has 1 aromatic heterocycles. The Hall–Kier alpha value is -2.14. The van der Waals surface area contributed by atoms with Gasteiger partial charge in [0.25, 0.3) is 5.91 Å². The van der Waals surface area contributed by atoms with Crippen LogP contribution in [-0.4, -0.2) is 24.4 Å². The van der Waals surface area contributed by atoms with Gasteiger partial charge < -0.3 is 10.2 Å². The molecule has 2 amide bonds. The number of anilines is 1. The molecule has 126 valence electrons. The molecule has 0 fully saturated rings. The molecule has 0 unspecified atom stereocenters. The van der Waals surface area contributed by atoms with E-state index >= 15 is 0 Å². The van der Waals surface area contributed by atoms with Crippen molar-refractivity contribution in [2.45, 2.75) is 39.7 Å². The first-order valence-electron chi connectivity index (χ1n) is 8.21.